The van der Waals surface area contributed by atoms with E-state index in [1.165, 1.54) is 6.92 Å². The van der Waals surface area contributed by atoms with Crippen molar-refractivity contribution in [2.75, 3.05) is 13.2 Å². The molecule has 1 amide bonds. The van der Waals surface area contributed by atoms with Gasteiger partial charge in [-0.25, -0.2) is 0 Å². The Hall–Kier alpha value is -0.380. The standard InChI is InChI=1S/C7H16NO4P/c1-6(9)8-4-5-12-7(2,3)13(10)11/h13H,4-5H2,1-3H3,(H,8,9)(H,10,11). The monoisotopic (exact) mass is 209 g/mol. The van der Waals surface area contributed by atoms with Crippen molar-refractivity contribution in [3.63, 3.8) is 0 Å². The molecule has 0 aliphatic carbocycles. The minimum Gasteiger partial charge on any atom is -0.364 e. The number of amides is 1. The zero-order valence-electron chi connectivity index (χ0n) is 8.09. The van der Waals surface area contributed by atoms with Gasteiger partial charge in [-0.3, -0.25) is 9.36 Å². The zero-order valence-corrected chi connectivity index (χ0v) is 9.09. The highest BCUT2D eigenvalue weighted by Gasteiger charge is 2.24. The lowest BCUT2D eigenvalue weighted by Crippen LogP contribution is -2.29. The van der Waals surface area contributed by atoms with Crippen molar-refractivity contribution >= 4 is 13.9 Å². The third kappa shape index (κ3) is 5.80. The van der Waals surface area contributed by atoms with Gasteiger partial charge in [0.05, 0.1) is 6.61 Å². The first-order valence-corrected chi connectivity index (χ1v) is 5.33. The molecular formula is C7H16NO4P. The van der Waals surface area contributed by atoms with Crippen LogP contribution in [0.2, 0.25) is 0 Å². The van der Waals surface area contributed by atoms with E-state index in [-0.39, 0.29) is 12.5 Å². The van der Waals surface area contributed by atoms with E-state index < -0.39 is 13.4 Å². The maximum atomic E-state index is 10.7. The number of ether oxygens (including phenoxy) is 1. The average Bonchev–Trinajstić information content (AvgIpc) is 1.97. The van der Waals surface area contributed by atoms with Crippen LogP contribution >= 0.6 is 8.03 Å². The highest BCUT2D eigenvalue weighted by molar-refractivity contribution is 7.39. The fourth-order valence-electron chi connectivity index (χ4n) is 0.595. The average molecular weight is 209 g/mol. The van der Waals surface area contributed by atoms with Gasteiger partial charge >= 0.3 is 0 Å². The molecule has 2 N–H and O–H groups in total. The molecule has 0 aromatic carbocycles. The van der Waals surface area contributed by atoms with Crippen LogP contribution in [0.3, 0.4) is 0 Å². The van der Waals surface area contributed by atoms with Crippen LogP contribution in [0.15, 0.2) is 0 Å². The molecule has 6 heteroatoms. The molecule has 78 valence electrons. The molecule has 1 unspecified atom stereocenters. The Morgan fingerprint density at radius 2 is 2.15 bits per heavy atom. The fraction of sp³-hybridized carbons (Fsp3) is 0.857. The highest BCUT2D eigenvalue weighted by Crippen LogP contribution is 2.34. The molecule has 0 radical (unpaired) electrons. The summed E-state index contributed by atoms with van der Waals surface area (Å²) in [4.78, 5) is 19.3. The molecule has 1 atom stereocenters. The van der Waals surface area contributed by atoms with E-state index in [0.29, 0.717) is 6.54 Å². The van der Waals surface area contributed by atoms with E-state index in [4.69, 9.17) is 9.63 Å². The Morgan fingerprint density at radius 1 is 1.62 bits per heavy atom. The van der Waals surface area contributed by atoms with E-state index in [0.717, 1.165) is 0 Å². The van der Waals surface area contributed by atoms with E-state index in [2.05, 4.69) is 5.32 Å². The fourth-order valence-corrected chi connectivity index (χ4v) is 0.821. The van der Waals surface area contributed by atoms with Gasteiger partial charge in [-0.2, -0.15) is 0 Å². The summed E-state index contributed by atoms with van der Waals surface area (Å²) in [5, 5.41) is 1.51. The number of hydrogen-bond acceptors (Lipinski definition) is 3. The van der Waals surface area contributed by atoms with Crippen LogP contribution in [0.25, 0.3) is 0 Å². The van der Waals surface area contributed by atoms with E-state index in [9.17, 15) is 9.36 Å². The Kier molecular flexibility index (Phi) is 5.21. The smallest absolute Gasteiger partial charge is 0.219 e. The first-order chi connectivity index (χ1) is 5.86. The second-order valence-electron chi connectivity index (χ2n) is 3.15. The predicted molar refractivity (Wildman–Crippen MR) is 49.9 cm³/mol. The molecule has 0 saturated carbocycles. The lowest BCUT2D eigenvalue weighted by molar-refractivity contribution is -0.119. The molecule has 0 aliphatic rings. The Bertz CT molecular complexity index is 205. The van der Waals surface area contributed by atoms with Gasteiger partial charge in [0, 0.05) is 13.5 Å². The lowest BCUT2D eigenvalue weighted by atomic mass is 10.4. The quantitative estimate of drug-likeness (QED) is 0.505. The summed E-state index contributed by atoms with van der Waals surface area (Å²) in [6.07, 6.45) is 0. The topological polar surface area (TPSA) is 75.6 Å². The maximum absolute atomic E-state index is 10.7. The summed E-state index contributed by atoms with van der Waals surface area (Å²) >= 11 is 0. The number of hydrogen-bond donors (Lipinski definition) is 2. The Labute approximate surface area is 78.3 Å². The van der Waals surface area contributed by atoms with Crippen molar-refractivity contribution in [1.82, 2.24) is 5.32 Å². The molecule has 0 heterocycles. The summed E-state index contributed by atoms with van der Waals surface area (Å²) in [7, 11) is -2.70. The van der Waals surface area contributed by atoms with Gasteiger partial charge < -0.3 is 14.9 Å². The predicted octanol–water partition coefficient (Wildman–Crippen LogP) is 0.342. The molecule has 0 saturated heterocycles. The van der Waals surface area contributed by atoms with Crippen LogP contribution in [0.4, 0.5) is 0 Å². The summed E-state index contributed by atoms with van der Waals surface area (Å²) in [6, 6.07) is 0. The minimum atomic E-state index is -2.70. The van der Waals surface area contributed by atoms with Crippen LogP contribution in [0.1, 0.15) is 20.8 Å². The molecule has 0 aromatic heterocycles. The van der Waals surface area contributed by atoms with Crippen LogP contribution in [0, 0.1) is 0 Å². The third-order valence-electron chi connectivity index (χ3n) is 1.45. The van der Waals surface area contributed by atoms with Crippen molar-refractivity contribution in [3.05, 3.63) is 0 Å². The summed E-state index contributed by atoms with van der Waals surface area (Å²) in [5.74, 6) is -0.141. The van der Waals surface area contributed by atoms with E-state index in [1.54, 1.807) is 13.8 Å². The molecule has 0 fully saturated rings. The van der Waals surface area contributed by atoms with Gasteiger partial charge in [-0.1, -0.05) is 0 Å². The minimum absolute atomic E-state index is 0.141. The third-order valence-corrected chi connectivity index (χ3v) is 2.63. The van der Waals surface area contributed by atoms with Crippen molar-refractivity contribution < 1.29 is 19.0 Å². The summed E-state index contributed by atoms with van der Waals surface area (Å²) in [5.41, 5.74) is 0. The molecule has 0 bridgehead atoms. The SMILES string of the molecule is CC(=O)NCCOC(C)(C)[PH](=O)O. The highest BCUT2D eigenvalue weighted by atomic mass is 31.1. The number of nitrogens with one attached hydrogen (secondary N) is 1. The molecule has 13 heavy (non-hydrogen) atoms. The van der Waals surface area contributed by atoms with Gasteiger partial charge in [0.1, 0.15) is 5.34 Å². The number of carbonyl (C=O) groups excluding carboxylic acids is 1. The summed E-state index contributed by atoms with van der Waals surface area (Å²) < 4.78 is 15.8. The van der Waals surface area contributed by atoms with E-state index >= 15 is 0 Å². The van der Waals surface area contributed by atoms with Gasteiger partial charge in [0.25, 0.3) is 0 Å². The summed E-state index contributed by atoms with van der Waals surface area (Å²) in [6.45, 7) is 5.08. The van der Waals surface area contributed by atoms with Crippen LogP contribution in [-0.2, 0) is 14.1 Å². The number of rotatable bonds is 5. The molecular weight excluding hydrogens is 193 g/mol. The molecule has 0 aromatic rings. The largest absolute Gasteiger partial charge is 0.364 e. The zero-order chi connectivity index (χ0) is 10.5. The molecule has 0 aliphatic heterocycles. The van der Waals surface area contributed by atoms with Crippen LogP contribution in [-0.4, -0.2) is 29.3 Å². The van der Waals surface area contributed by atoms with Gasteiger partial charge in [0.2, 0.25) is 13.9 Å². The lowest BCUT2D eigenvalue weighted by Gasteiger charge is -2.21. The first kappa shape index (κ1) is 12.6. The Morgan fingerprint density at radius 3 is 2.54 bits per heavy atom. The van der Waals surface area contributed by atoms with Crippen LogP contribution in [0.5, 0.6) is 0 Å². The van der Waals surface area contributed by atoms with Gasteiger partial charge in [-0.15, -0.1) is 0 Å². The molecule has 0 spiro atoms. The molecule has 0 rings (SSSR count). The van der Waals surface area contributed by atoms with E-state index in [1.807, 2.05) is 0 Å². The van der Waals surface area contributed by atoms with Crippen molar-refractivity contribution in [1.29, 1.82) is 0 Å². The van der Waals surface area contributed by atoms with Crippen molar-refractivity contribution in [2.45, 2.75) is 26.1 Å². The normalized spacial score (nSPS) is 13.8. The second-order valence-corrected chi connectivity index (χ2v) is 4.96. The Balaban J connectivity index is 3.64. The maximum Gasteiger partial charge on any atom is 0.219 e. The van der Waals surface area contributed by atoms with Crippen molar-refractivity contribution in [3.8, 4) is 0 Å². The van der Waals surface area contributed by atoms with Crippen LogP contribution < -0.4 is 5.32 Å². The second kappa shape index (κ2) is 5.37. The number of carbonyl (C=O) groups is 1. The van der Waals surface area contributed by atoms with Crippen molar-refractivity contribution in [2.24, 2.45) is 0 Å². The molecule has 5 nitrogen and oxygen atoms in total. The van der Waals surface area contributed by atoms with Gasteiger partial charge in [-0.05, 0) is 13.8 Å². The first-order valence-electron chi connectivity index (χ1n) is 3.98. The van der Waals surface area contributed by atoms with Gasteiger partial charge in [0.15, 0.2) is 0 Å².